The van der Waals surface area contributed by atoms with Crippen LogP contribution in [0, 0.1) is 17.7 Å². The Hall–Kier alpha value is -3.51. The van der Waals surface area contributed by atoms with Crippen molar-refractivity contribution in [1.82, 2.24) is 9.80 Å². The van der Waals surface area contributed by atoms with Gasteiger partial charge in [0.2, 0.25) is 11.8 Å². The number of carbonyl (C=O) groups is 4. The normalized spacial score (nSPS) is 16.5. The molecule has 0 spiro atoms. The molecule has 0 bridgehead atoms. The lowest BCUT2D eigenvalue weighted by molar-refractivity contribution is -0.192. The minimum Gasteiger partial charge on any atom is -0.475 e. The predicted octanol–water partition coefficient (Wildman–Crippen LogP) is 5.69. The van der Waals surface area contributed by atoms with Gasteiger partial charge in [0.05, 0.1) is 0 Å². The van der Waals surface area contributed by atoms with Crippen LogP contribution in [0.25, 0.3) is 0 Å². The van der Waals surface area contributed by atoms with E-state index in [-0.39, 0.29) is 35.3 Å². The lowest BCUT2D eigenvalue weighted by atomic mass is 9.89. The molecule has 240 valence electrons. The number of nitrogens with zero attached hydrogens (tertiary/aromatic N) is 3. The fourth-order valence-electron chi connectivity index (χ4n) is 5.39. The molecule has 8 nitrogen and oxygen atoms in total. The van der Waals surface area contributed by atoms with Gasteiger partial charge in [-0.3, -0.25) is 14.4 Å². The molecule has 2 aromatic rings. The molecule has 44 heavy (non-hydrogen) atoms. The molecule has 13 heteroatoms. The third-order valence-corrected chi connectivity index (χ3v) is 8.10. The minimum absolute atomic E-state index is 0.0351. The Labute approximate surface area is 258 Å². The maximum Gasteiger partial charge on any atom is 0.490 e. The SMILES string of the molecule is CC(=O)N1CCC(C(=O)N(CCCN2CCC(C(=O)c3ccc(F)cc3)CC2)c2cccc(Cl)c2)CC1.O=C(O)C(F)(F)F. The zero-order valence-corrected chi connectivity index (χ0v) is 25.1. The molecule has 2 saturated heterocycles. The zero-order chi connectivity index (χ0) is 32.4. The van der Waals surface area contributed by atoms with Crippen molar-refractivity contribution in [2.75, 3.05) is 44.2 Å². The fraction of sp³-hybridized carbons (Fsp3) is 0.484. The van der Waals surface area contributed by atoms with Gasteiger partial charge >= 0.3 is 12.1 Å². The second-order valence-electron chi connectivity index (χ2n) is 10.9. The van der Waals surface area contributed by atoms with Gasteiger partial charge in [0.1, 0.15) is 5.82 Å². The molecule has 2 amide bonds. The van der Waals surface area contributed by atoms with E-state index in [1.54, 1.807) is 30.0 Å². The third kappa shape index (κ3) is 10.3. The number of benzene rings is 2. The van der Waals surface area contributed by atoms with Crippen LogP contribution in [0.3, 0.4) is 0 Å². The zero-order valence-electron chi connectivity index (χ0n) is 24.4. The number of anilines is 1. The number of amides is 2. The van der Waals surface area contributed by atoms with E-state index in [9.17, 15) is 31.9 Å². The van der Waals surface area contributed by atoms with Crippen LogP contribution >= 0.6 is 11.6 Å². The van der Waals surface area contributed by atoms with Crippen molar-refractivity contribution in [2.45, 2.75) is 45.2 Å². The highest BCUT2D eigenvalue weighted by Crippen LogP contribution is 2.27. The van der Waals surface area contributed by atoms with Crippen molar-refractivity contribution in [1.29, 1.82) is 0 Å². The number of carbonyl (C=O) groups excluding carboxylic acids is 3. The lowest BCUT2D eigenvalue weighted by Crippen LogP contribution is -2.45. The van der Waals surface area contributed by atoms with Crippen LogP contribution in [0.5, 0.6) is 0 Å². The van der Waals surface area contributed by atoms with Gasteiger partial charge in [0.15, 0.2) is 5.78 Å². The first-order chi connectivity index (χ1) is 20.8. The summed E-state index contributed by atoms with van der Waals surface area (Å²) in [5.74, 6) is -3.00. The quantitative estimate of drug-likeness (QED) is 0.294. The van der Waals surface area contributed by atoms with Gasteiger partial charge in [0.25, 0.3) is 0 Å². The lowest BCUT2D eigenvalue weighted by Gasteiger charge is -2.35. The van der Waals surface area contributed by atoms with Gasteiger partial charge in [-0.2, -0.15) is 13.2 Å². The van der Waals surface area contributed by atoms with Crippen molar-refractivity contribution < 1.29 is 41.8 Å². The van der Waals surface area contributed by atoms with E-state index in [0.29, 0.717) is 43.1 Å². The van der Waals surface area contributed by atoms with Gasteiger partial charge in [-0.1, -0.05) is 17.7 Å². The van der Waals surface area contributed by atoms with E-state index in [4.69, 9.17) is 21.5 Å². The molecule has 0 aliphatic carbocycles. The summed E-state index contributed by atoms with van der Waals surface area (Å²) in [7, 11) is 0. The summed E-state index contributed by atoms with van der Waals surface area (Å²) in [6.45, 7) is 5.87. The maximum atomic E-state index is 13.5. The summed E-state index contributed by atoms with van der Waals surface area (Å²) in [4.78, 5) is 52.9. The predicted molar refractivity (Wildman–Crippen MR) is 157 cm³/mol. The summed E-state index contributed by atoms with van der Waals surface area (Å²) in [5, 5.41) is 7.72. The highest BCUT2D eigenvalue weighted by Gasteiger charge is 2.38. The molecule has 0 unspecified atom stereocenters. The number of rotatable bonds is 8. The topological polar surface area (TPSA) is 98.2 Å². The second-order valence-corrected chi connectivity index (χ2v) is 11.3. The van der Waals surface area contributed by atoms with E-state index >= 15 is 0 Å². The molecule has 2 fully saturated rings. The fourth-order valence-corrected chi connectivity index (χ4v) is 5.58. The van der Waals surface area contributed by atoms with Crippen LogP contribution in [-0.4, -0.2) is 83.9 Å². The van der Waals surface area contributed by atoms with Crippen LogP contribution in [-0.2, 0) is 14.4 Å². The summed E-state index contributed by atoms with van der Waals surface area (Å²) >= 11 is 6.24. The number of carboxylic acid groups (broad SMARTS) is 1. The summed E-state index contributed by atoms with van der Waals surface area (Å²) in [5.41, 5.74) is 1.37. The maximum absolute atomic E-state index is 13.5. The average molecular weight is 642 g/mol. The molecule has 2 aliphatic rings. The number of alkyl halides is 3. The molecular formula is C31H36ClF4N3O5. The number of likely N-dealkylation sites (tertiary alicyclic amines) is 2. The summed E-state index contributed by atoms with van der Waals surface area (Å²) in [6, 6.07) is 13.2. The van der Waals surface area contributed by atoms with E-state index in [2.05, 4.69) is 4.90 Å². The number of ketones is 1. The highest BCUT2D eigenvalue weighted by molar-refractivity contribution is 6.30. The average Bonchev–Trinajstić information content (AvgIpc) is 2.99. The number of hydrogen-bond donors (Lipinski definition) is 1. The molecular weight excluding hydrogens is 606 g/mol. The first kappa shape index (κ1) is 35.0. The molecule has 0 saturated carbocycles. The van der Waals surface area contributed by atoms with Gasteiger partial charge in [-0.25, -0.2) is 9.18 Å². The van der Waals surface area contributed by atoms with Crippen LogP contribution in [0.2, 0.25) is 5.02 Å². The Bertz CT molecular complexity index is 1290. The number of aliphatic carboxylic acids is 1. The molecule has 1 N–H and O–H groups in total. The standard InChI is InChI=1S/C29H35ClFN3O3.C2HF3O2/c1-21(35)33-18-12-24(13-19-33)29(37)34(27-5-2-4-25(30)20-27)15-3-14-32-16-10-23(11-17-32)28(36)22-6-8-26(31)9-7-22;3-2(4,5)1(6)7/h2,4-9,20,23-24H,3,10-19H2,1H3;(H,6,7). The number of hydrogen-bond acceptors (Lipinski definition) is 5. The van der Waals surface area contributed by atoms with E-state index in [0.717, 1.165) is 44.6 Å². The van der Waals surface area contributed by atoms with Gasteiger partial charge < -0.3 is 19.8 Å². The van der Waals surface area contributed by atoms with Gasteiger partial charge in [0, 0.05) is 54.7 Å². The monoisotopic (exact) mass is 641 g/mol. The van der Waals surface area contributed by atoms with Gasteiger partial charge in [-0.15, -0.1) is 0 Å². The smallest absolute Gasteiger partial charge is 0.475 e. The number of Topliss-reactive ketones (excluding diaryl/α,β-unsaturated/α-hetero) is 1. The number of piperidine rings is 2. The number of carboxylic acids is 1. The summed E-state index contributed by atoms with van der Waals surface area (Å²) in [6.07, 6.45) is -1.37. The Balaban J connectivity index is 0.000000676. The second kappa shape index (κ2) is 16.0. The van der Waals surface area contributed by atoms with Crippen LogP contribution in [0.15, 0.2) is 48.5 Å². The Morgan fingerprint density at radius 3 is 2.02 bits per heavy atom. The third-order valence-electron chi connectivity index (χ3n) is 7.86. The van der Waals surface area contributed by atoms with Gasteiger partial charge in [-0.05, 0) is 94.2 Å². The molecule has 2 aromatic carbocycles. The minimum atomic E-state index is -5.08. The Morgan fingerprint density at radius 2 is 1.50 bits per heavy atom. The van der Waals surface area contributed by atoms with Crippen LogP contribution in [0.4, 0.5) is 23.2 Å². The number of halogens is 5. The van der Waals surface area contributed by atoms with Crippen molar-refractivity contribution >= 4 is 40.9 Å². The molecule has 4 rings (SSSR count). The molecule has 2 heterocycles. The largest absolute Gasteiger partial charge is 0.490 e. The first-order valence-electron chi connectivity index (χ1n) is 14.4. The van der Waals surface area contributed by atoms with E-state index < -0.39 is 12.1 Å². The molecule has 2 aliphatic heterocycles. The van der Waals surface area contributed by atoms with Crippen molar-refractivity contribution in [3.05, 3.63) is 64.9 Å². The Morgan fingerprint density at radius 1 is 0.932 bits per heavy atom. The Kier molecular flexibility index (Phi) is 12.7. The van der Waals surface area contributed by atoms with Crippen LogP contribution < -0.4 is 4.90 Å². The van der Waals surface area contributed by atoms with E-state index in [1.165, 1.54) is 12.1 Å². The van der Waals surface area contributed by atoms with E-state index in [1.807, 2.05) is 23.1 Å². The molecule has 0 atom stereocenters. The van der Waals surface area contributed by atoms with Crippen LogP contribution in [0.1, 0.15) is 49.4 Å². The summed E-state index contributed by atoms with van der Waals surface area (Å²) < 4.78 is 44.9. The van der Waals surface area contributed by atoms with Crippen molar-refractivity contribution in [2.24, 2.45) is 11.8 Å². The van der Waals surface area contributed by atoms with Crippen molar-refractivity contribution in [3.8, 4) is 0 Å². The highest BCUT2D eigenvalue weighted by atomic mass is 35.5. The molecule has 0 radical (unpaired) electrons. The molecule has 0 aromatic heterocycles. The van der Waals surface area contributed by atoms with Crippen molar-refractivity contribution in [3.63, 3.8) is 0 Å². The first-order valence-corrected chi connectivity index (χ1v) is 14.8.